The minimum atomic E-state index is -0.356. The van der Waals surface area contributed by atoms with E-state index in [0.29, 0.717) is 23.9 Å². The number of rotatable bonds is 5. The first-order valence-corrected chi connectivity index (χ1v) is 9.79. The summed E-state index contributed by atoms with van der Waals surface area (Å²) in [6.45, 7) is 4.62. The Hall–Kier alpha value is -2.19. The number of fused-ring (bicyclic) bond motifs is 1. The van der Waals surface area contributed by atoms with Crippen LogP contribution in [-0.2, 0) is 26.2 Å². The largest absolute Gasteiger partial charge is 0.391 e. The fourth-order valence-corrected chi connectivity index (χ4v) is 4.20. The standard InChI is InChI=1S/C19H27N5O3/c1-13-17(12-25)18(22-27-13)19(26)20-10-14-9-16-11-23(7-8-24(16)21-14)15-5-3-2-4-6-15/h9,15,25H,2-8,10-12H2,1H3,(H,20,26). The van der Waals surface area contributed by atoms with Crippen molar-refractivity contribution in [3.63, 3.8) is 0 Å². The van der Waals surface area contributed by atoms with Gasteiger partial charge in [0.2, 0.25) is 0 Å². The van der Waals surface area contributed by atoms with Gasteiger partial charge in [-0.2, -0.15) is 5.10 Å². The van der Waals surface area contributed by atoms with Gasteiger partial charge in [-0.1, -0.05) is 24.4 Å². The molecule has 0 unspecified atom stereocenters. The average molecular weight is 373 g/mol. The molecule has 0 atom stereocenters. The zero-order valence-electron chi connectivity index (χ0n) is 15.8. The van der Waals surface area contributed by atoms with Gasteiger partial charge in [0.15, 0.2) is 5.69 Å². The highest BCUT2D eigenvalue weighted by atomic mass is 16.5. The van der Waals surface area contributed by atoms with Crippen LogP contribution in [0.15, 0.2) is 10.6 Å². The molecule has 2 aliphatic rings. The molecule has 2 aromatic heterocycles. The third-order valence-corrected chi connectivity index (χ3v) is 5.76. The van der Waals surface area contributed by atoms with Gasteiger partial charge in [-0.3, -0.25) is 14.4 Å². The molecule has 3 heterocycles. The zero-order chi connectivity index (χ0) is 18.8. The Bertz CT molecular complexity index is 806. The van der Waals surface area contributed by atoms with Crippen molar-refractivity contribution in [1.82, 2.24) is 25.2 Å². The number of nitrogens with zero attached hydrogens (tertiary/aromatic N) is 4. The second-order valence-corrected chi connectivity index (χ2v) is 7.52. The van der Waals surface area contributed by atoms with Gasteiger partial charge >= 0.3 is 0 Å². The van der Waals surface area contributed by atoms with E-state index in [-0.39, 0.29) is 18.2 Å². The molecule has 0 spiro atoms. The van der Waals surface area contributed by atoms with E-state index in [9.17, 15) is 9.90 Å². The predicted octanol–water partition coefficient (Wildman–Crippen LogP) is 1.75. The lowest BCUT2D eigenvalue weighted by Gasteiger charge is -2.36. The first-order chi connectivity index (χ1) is 13.2. The fraction of sp³-hybridized carbons (Fsp3) is 0.632. The fourth-order valence-electron chi connectivity index (χ4n) is 4.20. The maximum Gasteiger partial charge on any atom is 0.274 e. The third kappa shape index (κ3) is 3.77. The molecule has 1 aliphatic heterocycles. The highest BCUT2D eigenvalue weighted by Crippen LogP contribution is 2.26. The molecule has 8 heteroatoms. The molecule has 8 nitrogen and oxygen atoms in total. The van der Waals surface area contributed by atoms with Gasteiger partial charge in [0.05, 0.1) is 36.6 Å². The van der Waals surface area contributed by atoms with E-state index >= 15 is 0 Å². The average Bonchev–Trinajstić information content (AvgIpc) is 3.28. The van der Waals surface area contributed by atoms with Crippen LogP contribution in [0.4, 0.5) is 0 Å². The summed E-state index contributed by atoms with van der Waals surface area (Å²) >= 11 is 0. The van der Waals surface area contributed by atoms with Gasteiger partial charge in [0.1, 0.15) is 5.76 Å². The first-order valence-electron chi connectivity index (χ1n) is 9.79. The Morgan fingerprint density at radius 1 is 1.33 bits per heavy atom. The molecule has 0 bridgehead atoms. The number of carbonyl (C=O) groups is 1. The van der Waals surface area contributed by atoms with Crippen molar-refractivity contribution in [2.75, 3.05) is 6.54 Å². The summed E-state index contributed by atoms with van der Waals surface area (Å²) in [4.78, 5) is 14.9. The van der Waals surface area contributed by atoms with E-state index < -0.39 is 0 Å². The zero-order valence-corrected chi connectivity index (χ0v) is 15.8. The quantitative estimate of drug-likeness (QED) is 0.829. The lowest BCUT2D eigenvalue weighted by atomic mass is 9.94. The molecule has 4 rings (SSSR count). The van der Waals surface area contributed by atoms with Crippen LogP contribution in [0, 0.1) is 6.92 Å². The molecule has 1 saturated carbocycles. The van der Waals surface area contributed by atoms with Gasteiger partial charge in [-0.05, 0) is 25.8 Å². The van der Waals surface area contributed by atoms with Crippen molar-refractivity contribution >= 4 is 5.91 Å². The van der Waals surface area contributed by atoms with E-state index in [4.69, 9.17) is 4.52 Å². The van der Waals surface area contributed by atoms with Crippen molar-refractivity contribution in [2.24, 2.45) is 0 Å². The molecular weight excluding hydrogens is 346 g/mol. The van der Waals surface area contributed by atoms with Crippen LogP contribution in [0.3, 0.4) is 0 Å². The van der Waals surface area contributed by atoms with Gasteiger partial charge < -0.3 is 14.9 Å². The topological polar surface area (TPSA) is 96.4 Å². The summed E-state index contributed by atoms with van der Waals surface area (Å²) in [6.07, 6.45) is 6.67. The number of aliphatic hydroxyl groups is 1. The summed E-state index contributed by atoms with van der Waals surface area (Å²) in [6, 6.07) is 2.79. The number of hydrogen-bond acceptors (Lipinski definition) is 6. The predicted molar refractivity (Wildman–Crippen MR) is 97.8 cm³/mol. The molecule has 0 aromatic carbocycles. The first kappa shape index (κ1) is 18.2. The number of aryl methyl sites for hydroxylation is 1. The number of nitrogens with one attached hydrogen (secondary N) is 1. The Balaban J connectivity index is 1.37. The van der Waals surface area contributed by atoms with Crippen LogP contribution >= 0.6 is 0 Å². The van der Waals surface area contributed by atoms with Gasteiger partial charge in [-0.25, -0.2) is 0 Å². The number of aliphatic hydroxyl groups excluding tert-OH is 1. The van der Waals surface area contributed by atoms with E-state index in [2.05, 4.69) is 31.2 Å². The molecule has 1 aliphatic carbocycles. The van der Waals surface area contributed by atoms with Crippen molar-refractivity contribution in [2.45, 2.75) is 71.3 Å². The molecule has 1 amide bonds. The third-order valence-electron chi connectivity index (χ3n) is 5.76. The van der Waals surface area contributed by atoms with Gasteiger partial charge in [0.25, 0.3) is 5.91 Å². The van der Waals surface area contributed by atoms with Gasteiger partial charge in [0, 0.05) is 19.1 Å². The molecule has 146 valence electrons. The second kappa shape index (κ2) is 7.82. The Morgan fingerprint density at radius 2 is 2.15 bits per heavy atom. The monoisotopic (exact) mass is 373 g/mol. The summed E-state index contributed by atoms with van der Waals surface area (Å²) in [5, 5.41) is 20.6. The number of aromatic nitrogens is 3. The Labute approximate surface area is 158 Å². The Kier molecular flexibility index (Phi) is 5.27. The van der Waals surface area contributed by atoms with Crippen LogP contribution < -0.4 is 5.32 Å². The smallest absolute Gasteiger partial charge is 0.274 e. The molecule has 0 radical (unpaired) electrons. The summed E-state index contributed by atoms with van der Waals surface area (Å²) < 4.78 is 7.06. The number of hydrogen-bond donors (Lipinski definition) is 2. The molecule has 2 aromatic rings. The molecule has 0 saturated heterocycles. The summed E-state index contributed by atoms with van der Waals surface area (Å²) in [5.74, 6) is 0.105. The summed E-state index contributed by atoms with van der Waals surface area (Å²) in [5.41, 5.74) is 2.63. The number of amides is 1. The lowest BCUT2D eigenvalue weighted by molar-refractivity contribution is 0.0938. The van der Waals surface area contributed by atoms with Crippen LogP contribution in [0.1, 0.15) is 65.3 Å². The molecule has 1 fully saturated rings. The van der Waals surface area contributed by atoms with E-state index in [1.54, 1.807) is 6.92 Å². The molecular formula is C19H27N5O3. The van der Waals surface area contributed by atoms with Crippen molar-refractivity contribution in [3.8, 4) is 0 Å². The van der Waals surface area contributed by atoms with Crippen LogP contribution in [-0.4, -0.2) is 43.4 Å². The lowest BCUT2D eigenvalue weighted by Crippen LogP contribution is -2.42. The summed E-state index contributed by atoms with van der Waals surface area (Å²) in [7, 11) is 0. The van der Waals surface area contributed by atoms with E-state index in [1.165, 1.54) is 37.8 Å². The Morgan fingerprint density at radius 3 is 2.93 bits per heavy atom. The van der Waals surface area contributed by atoms with Crippen molar-refractivity contribution in [1.29, 1.82) is 0 Å². The number of carbonyl (C=O) groups excluding carboxylic acids is 1. The SMILES string of the molecule is Cc1onc(C(=O)NCc2cc3n(n2)CCN(C2CCCCC2)C3)c1CO. The minimum Gasteiger partial charge on any atom is -0.391 e. The minimum absolute atomic E-state index is 0.141. The van der Waals surface area contributed by atoms with Crippen molar-refractivity contribution < 1.29 is 14.4 Å². The van der Waals surface area contributed by atoms with Crippen LogP contribution in [0.5, 0.6) is 0 Å². The van der Waals surface area contributed by atoms with E-state index in [1.807, 2.05) is 0 Å². The highest BCUT2D eigenvalue weighted by molar-refractivity contribution is 5.93. The normalized spacial score (nSPS) is 18.4. The van der Waals surface area contributed by atoms with Crippen molar-refractivity contribution in [3.05, 3.63) is 34.5 Å². The van der Waals surface area contributed by atoms with E-state index in [0.717, 1.165) is 25.3 Å². The maximum absolute atomic E-state index is 12.3. The molecule has 2 N–H and O–H groups in total. The van der Waals surface area contributed by atoms with Gasteiger partial charge in [-0.15, -0.1) is 0 Å². The molecule has 27 heavy (non-hydrogen) atoms. The highest BCUT2D eigenvalue weighted by Gasteiger charge is 2.26. The van der Waals surface area contributed by atoms with Crippen LogP contribution in [0.25, 0.3) is 0 Å². The van der Waals surface area contributed by atoms with Crippen LogP contribution in [0.2, 0.25) is 0 Å². The maximum atomic E-state index is 12.3. The second-order valence-electron chi connectivity index (χ2n) is 7.52.